The third-order valence-corrected chi connectivity index (χ3v) is 5.64. The smallest absolute Gasteiger partial charge is 0.305 e. The molecule has 1 heterocycles. The van der Waals surface area contributed by atoms with Gasteiger partial charge in [-0.1, -0.05) is 18.2 Å². The molecule has 170 valence electrons. The number of rotatable bonds is 13. The van der Waals surface area contributed by atoms with Gasteiger partial charge in [-0.05, 0) is 44.3 Å². The Bertz CT molecular complexity index is 586. The van der Waals surface area contributed by atoms with Crippen LogP contribution in [0, 0.1) is 11.8 Å². The number of carbonyl (C=O) groups excluding carboxylic acids is 1. The lowest BCUT2D eigenvalue weighted by molar-refractivity contribution is -0.144. The highest BCUT2D eigenvalue weighted by Crippen LogP contribution is 2.41. The van der Waals surface area contributed by atoms with Gasteiger partial charge in [-0.3, -0.25) is 4.79 Å². The molecule has 0 saturated heterocycles. The van der Waals surface area contributed by atoms with E-state index >= 15 is 0 Å². The van der Waals surface area contributed by atoms with Crippen LogP contribution in [0.25, 0.3) is 0 Å². The molecular formula is C23H36O7. The van der Waals surface area contributed by atoms with Gasteiger partial charge in [0.1, 0.15) is 0 Å². The number of aliphatic hydroxyl groups is 1. The Morgan fingerprint density at radius 2 is 2.10 bits per heavy atom. The highest BCUT2D eigenvalue weighted by molar-refractivity contribution is 5.69. The molecule has 0 aromatic heterocycles. The minimum Gasteiger partial charge on any atom is -0.469 e. The molecule has 2 rings (SSSR count). The summed E-state index contributed by atoms with van der Waals surface area (Å²) < 4.78 is 27.4. The van der Waals surface area contributed by atoms with E-state index in [1.807, 2.05) is 25.2 Å². The van der Waals surface area contributed by atoms with Crippen LogP contribution in [0.1, 0.15) is 39.0 Å². The average molecular weight is 425 g/mol. The van der Waals surface area contributed by atoms with Crippen molar-refractivity contribution in [1.29, 1.82) is 0 Å². The molecule has 7 nitrogen and oxygen atoms in total. The molecule has 2 aliphatic rings. The van der Waals surface area contributed by atoms with Crippen LogP contribution < -0.4 is 0 Å². The fourth-order valence-electron chi connectivity index (χ4n) is 4.10. The molecule has 0 amide bonds. The molecule has 7 heteroatoms. The van der Waals surface area contributed by atoms with Crippen LogP contribution in [0.15, 0.2) is 36.6 Å². The van der Waals surface area contributed by atoms with E-state index in [4.69, 9.17) is 18.9 Å². The van der Waals surface area contributed by atoms with E-state index in [2.05, 4.69) is 16.9 Å². The molecule has 0 aromatic carbocycles. The van der Waals surface area contributed by atoms with E-state index < -0.39 is 12.4 Å². The number of hydrogen-bond acceptors (Lipinski definition) is 7. The van der Waals surface area contributed by atoms with Crippen LogP contribution in [-0.2, 0) is 28.5 Å². The predicted octanol–water partition coefficient (Wildman–Crippen LogP) is 3.14. The van der Waals surface area contributed by atoms with Crippen molar-refractivity contribution in [3.63, 3.8) is 0 Å². The molecule has 6 atom stereocenters. The Balaban J connectivity index is 1.95. The number of esters is 1. The third-order valence-electron chi connectivity index (χ3n) is 5.64. The van der Waals surface area contributed by atoms with Crippen molar-refractivity contribution >= 4 is 5.97 Å². The molecular weight excluding hydrogens is 388 g/mol. The lowest BCUT2D eigenvalue weighted by atomic mass is 9.86. The number of ether oxygens (including phenoxy) is 5. The first-order chi connectivity index (χ1) is 14.6. The second-order valence-electron chi connectivity index (χ2n) is 7.68. The number of unbranched alkanes of at least 4 members (excludes halogenated alkanes) is 1. The fraction of sp³-hybridized carbons (Fsp3) is 0.696. The minimum atomic E-state index is -0.476. The maximum Gasteiger partial charge on any atom is 0.305 e. The highest BCUT2D eigenvalue weighted by Gasteiger charge is 2.46. The first-order valence-electron chi connectivity index (χ1n) is 10.7. The Kier molecular flexibility index (Phi) is 11.1. The molecule has 0 bridgehead atoms. The second kappa shape index (κ2) is 13.6. The van der Waals surface area contributed by atoms with Gasteiger partial charge in [0, 0.05) is 25.9 Å². The second-order valence-corrected chi connectivity index (χ2v) is 7.68. The first kappa shape index (κ1) is 24.6. The maximum absolute atomic E-state index is 11.2. The van der Waals surface area contributed by atoms with Gasteiger partial charge in [0.15, 0.2) is 0 Å². The van der Waals surface area contributed by atoms with E-state index in [1.54, 1.807) is 13.4 Å². The van der Waals surface area contributed by atoms with Crippen molar-refractivity contribution < 1.29 is 33.6 Å². The summed E-state index contributed by atoms with van der Waals surface area (Å²) in [5, 5.41) is 10.8. The van der Waals surface area contributed by atoms with Crippen molar-refractivity contribution in [1.82, 2.24) is 0 Å². The lowest BCUT2D eigenvalue weighted by Crippen LogP contribution is -2.37. The van der Waals surface area contributed by atoms with Crippen LogP contribution in [0.2, 0.25) is 0 Å². The first-order valence-corrected chi connectivity index (χ1v) is 10.7. The number of allylic oxidation sites excluding steroid dienone is 4. The minimum absolute atomic E-state index is 0.0208. The Hall–Kier alpha value is -1.67. The van der Waals surface area contributed by atoms with Crippen molar-refractivity contribution in [2.75, 3.05) is 27.4 Å². The van der Waals surface area contributed by atoms with Crippen LogP contribution in [0.3, 0.4) is 0 Å². The number of aliphatic hydroxyl groups excluding tert-OH is 1. The van der Waals surface area contributed by atoms with E-state index in [-0.39, 0.29) is 30.0 Å². The van der Waals surface area contributed by atoms with E-state index in [1.165, 1.54) is 7.11 Å². The van der Waals surface area contributed by atoms with Gasteiger partial charge >= 0.3 is 5.97 Å². The zero-order valence-electron chi connectivity index (χ0n) is 18.3. The summed E-state index contributed by atoms with van der Waals surface area (Å²) in [6.07, 6.45) is 13.4. The summed E-state index contributed by atoms with van der Waals surface area (Å²) in [5.74, 6) is -0.141. The molecule has 2 unspecified atom stereocenters. The molecule has 1 saturated carbocycles. The zero-order valence-corrected chi connectivity index (χ0v) is 18.3. The molecule has 0 spiro atoms. The summed E-state index contributed by atoms with van der Waals surface area (Å²) in [7, 11) is 3.05. The van der Waals surface area contributed by atoms with E-state index in [0.29, 0.717) is 26.1 Å². The summed E-state index contributed by atoms with van der Waals surface area (Å²) in [6.45, 7) is 3.05. The SMILES string of the molecule is COCCOC(C)C1[C@@H](C/C=C\CCCC(=O)OC)[C@@H](O)C[C@H]1O[C@H]1C=CC=CO1. The Labute approximate surface area is 179 Å². The van der Waals surface area contributed by atoms with Gasteiger partial charge in [0.25, 0.3) is 0 Å². The van der Waals surface area contributed by atoms with Gasteiger partial charge in [-0.15, -0.1) is 0 Å². The Morgan fingerprint density at radius 3 is 2.80 bits per heavy atom. The van der Waals surface area contributed by atoms with Gasteiger partial charge in [-0.25, -0.2) is 0 Å². The number of methoxy groups -OCH3 is 2. The zero-order chi connectivity index (χ0) is 21.8. The van der Waals surface area contributed by atoms with Crippen molar-refractivity contribution in [2.24, 2.45) is 11.8 Å². The molecule has 1 aliphatic carbocycles. The predicted molar refractivity (Wildman–Crippen MR) is 113 cm³/mol. The van der Waals surface area contributed by atoms with Crippen LogP contribution in [-0.4, -0.2) is 63.1 Å². The van der Waals surface area contributed by atoms with Gasteiger partial charge < -0.3 is 28.8 Å². The quantitative estimate of drug-likeness (QED) is 0.276. The maximum atomic E-state index is 11.2. The van der Waals surface area contributed by atoms with E-state index in [9.17, 15) is 9.90 Å². The van der Waals surface area contributed by atoms with E-state index in [0.717, 1.165) is 19.3 Å². The summed E-state index contributed by atoms with van der Waals surface area (Å²) >= 11 is 0. The van der Waals surface area contributed by atoms with Crippen LogP contribution in [0.4, 0.5) is 0 Å². The molecule has 0 radical (unpaired) electrons. The van der Waals surface area contributed by atoms with Crippen molar-refractivity contribution in [3.05, 3.63) is 36.6 Å². The lowest BCUT2D eigenvalue weighted by Gasteiger charge is -2.32. The van der Waals surface area contributed by atoms with Gasteiger partial charge in [0.2, 0.25) is 6.29 Å². The fourth-order valence-corrected chi connectivity index (χ4v) is 4.10. The highest BCUT2D eigenvalue weighted by atomic mass is 16.7. The summed E-state index contributed by atoms with van der Waals surface area (Å²) in [5.41, 5.74) is 0. The Morgan fingerprint density at radius 1 is 1.27 bits per heavy atom. The molecule has 1 aliphatic heterocycles. The number of carbonyl (C=O) groups is 1. The molecule has 30 heavy (non-hydrogen) atoms. The normalized spacial score (nSPS) is 29.3. The molecule has 1 fully saturated rings. The average Bonchev–Trinajstić information content (AvgIpc) is 3.05. The molecule has 1 N–H and O–H groups in total. The standard InChI is InChI=1S/C23H36O7/c1-17(28-15-14-26-2)23-18(10-6-4-5-7-11-21(25)27-3)19(24)16-20(23)30-22-12-8-9-13-29-22/h4,6,8-9,12-13,17-20,22-24H,5,7,10-11,14-16H2,1-3H3/b6-4-/t17?,18-,19-,20+,22-,23?/m0/s1. The molecule has 0 aromatic rings. The monoisotopic (exact) mass is 424 g/mol. The van der Waals surface area contributed by atoms with Gasteiger partial charge in [-0.2, -0.15) is 0 Å². The van der Waals surface area contributed by atoms with Crippen LogP contribution in [0.5, 0.6) is 0 Å². The third kappa shape index (κ3) is 7.87. The van der Waals surface area contributed by atoms with Gasteiger partial charge in [0.05, 0.1) is 44.9 Å². The summed E-state index contributed by atoms with van der Waals surface area (Å²) in [4.78, 5) is 11.2. The number of hydrogen-bond donors (Lipinski definition) is 1. The summed E-state index contributed by atoms with van der Waals surface area (Å²) in [6, 6.07) is 0. The van der Waals surface area contributed by atoms with Crippen LogP contribution >= 0.6 is 0 Å². The topological polar surface area (TPSA) is 83.5 Å². The van der Waals surface area contributed by atoms with Crippen molar-refractivity contribution in [2.45, 2.75) is 63.6 Å². The van der Waals surface area contributed by atoms with Crippen molar-refractivity contribution in [3.8, 4) is 0 Å². The largest absolute Gasteiger partial charge is 0.469 e.